The van der Waals surface area contributed by atoms with Gasteiger partial charge in [-0.2, -0.15) is 8.42 Å². The predicted molar refractivity (Wildman–Crippen MR) is 357 cm³/mol. The standard InChI is InChI=1S/C27H34N2O3.C24H29NO6S.C23H27NO4/c1-2-20-19-23(9-12-25(20)31-18-17-28-14-3-4-15-28)29-16-13-26(27(29)30)32-24-10-7-22(8-11-24)21-5-6-21;1-3-17-16-20(8-11-22(17)29-14-15-30-32(2,27)28)25-13-12-23(24(25)26)31-21-9-6-19(7-10-21)18-4-5-18;1-2-16-15-19(7-10-21(16)27-14-13-25)24-12-11-22(23(24)26)28-20-8-5-18(6-9-20)17-3-4-17/h7-12,19,21,26H,2-6,13-18H2,1H3;6-11,16,18,23H,3-5,12-15H2,1-2H3;5-10,15,17,22,25H,2-4,11-14H2,1H3. The Labute approximate surface area is 543 Å². The number of hydrogen-bond donors (Lipinski definition) is 1. The van der Waals surface area contributed by atoms with Crippen LogP contribution >= 0.6 is 0 Å². The zero-order valence-corrected chi connectivity index (χ0v) is 54.6. The van der Waals surface area contributed by atoms with Crippen LogP contribution < -0.4 is 43.1 Å². The molecular formula is C74H90N4O13S. The molecule has 7 aliphatic rings. The molecule has 6 aromatic carbocycles. The van der Waals surface area contributed by atoms with Gasteiger partial charge in [0.1, 0.15) is 60.9 Å². The third-order valence-corrected chi connectivity index (χ3v) is 18.7. The van der Waals surface area contributed by atoms with E-state index in [0.29, 0.717) is 63.6 Å². The van der Waals surface area contributed by atoms with Crippen molar-refractivity contribution in [2.75, 3.05) is 93.3 Å². The number of carbonyl (C=O) groups is 3. The lowest BCUT2D eigenvalue weighted by atomic mass is 10.1. The minimum Gasteiger partial charge on any atom is -0.492 e. The van der Waals surface area contributed by atoms with Gasteiger partial charge in [0.05, 0.1) is 12.9 Å². The van der Waals surface area contributed by atoms with Gasteiger partial charge in [-0.25, -0.2) is 0 Å². The zero-order chi connectivity index (χ0) is 64.1. The van der Waals surface area contributed by atoms with Crippen LogP contribution in [0.2, 0.25) is 0 Å². The summed E-state index contributed by atoms with van der Waals surface area (Å²) >= 11 is 0. The Bertz CT molecular complexity index is 3570. The second-order valence-electron chi connectivity index (χ2n) is 25.0. The Morgan fingerprint density at radius 2 is 0.761 bits per heavy atom. The van der Waals surface area contributed by atoms with E-state index < -0.39 is 28.4 Å². The first-order valence-corrected chi connectivity index (χ1v) is 35.2. The number of aliphatic hydroxyl groups excluding tert-OH is 1. The molecule has 3 amide bonds. The topological polar surface area (TPSA) is 183 Å². The van der Waals surface area contributed by atoms with Gasteiger partial charge in [0.15, 0.2) is 18.3 Å². The normalized spacial score (nSPS) is 19.8. The van der Waals surface area contributed by atoms with Gasteiger partial charge in [0, 0.05) is 62.5 Å². The van der Waals surface area contributed by atoms with E-state index in [2.05, 4.69) is 54.3 Å². The molecule has 3 unspecified atom stereocenters. The fraction of sp³-hybridized carbons (Fsp3) is 0.473. The molecule has 3 aliphatic carbocycles. The van der Waals surface area contributed by atoms with Crippen LogP contribution in [-0.2, 0) is 47.9 Å². The SMILES string of the molecule is CCc1cc(N2CCC(Oc3ccc(C4CC4)cc3)C2=O)ccc1OCCN1CCCC1.CCc1cc(N2CCC(Oc3ccc(C4CC4)cc3)C2=O)ccc1OCCO.CCc1cc(N2CCC(Oc3ccc(C4CC4)cc3)C2=O)ccc1OCCOS(C)(=O)=O. The molecule has 4 heterocycles. The molecule has 4 saturated heterocycles. The first-order chi connectivity index (χ1) is 44.7. The molecule has 3 atom stereocenters. The zero-order valence-electron chi connectivity index (χ0n) is 53.8. The Hall–Kier alpha value is -7.64. The lowest BCUT2D eigenvalue weighted by molar-refractivity contribution is -0.123. The molecule has 0 bridgehead atoms. The summed E-state index contributed by atoms with van der Waals surface area (Å²) in [5, 5.41) is 8.96. The summed E-state index contributed by atoms with van der Waals surface area (Å²) < 4.78 is 62.2. The molecule has 0 aromatic heterocycles. The molecule has 0 spiro atoms. The summed E-state index contributed by atoms with van der Waals surface area (Å²) in [7, 11) is -3.49. The molecule has 92 heavy (non-hydrogen) atoms. The summed E-state index contributed by atoms with van der Waals surface area (Å²) in [4.78, 5) is 46.8. The summed E-state index contributed by atoms with van der Waals surface area (Å²) in [6.45, 7) is 12.5. The number of benzene rings is 6. The van der Waals surface area contributed by atoms with E-state index in [0.717, 1.165) is 100.0 Å². The third kappa shape index (κ3) is 17.5. The number of likely N-dealkylation sites (tertiary alicyclic amines) is 1. The minimum atomic E-state index is -3.49. The number of ether oxygens (including phenoxy) is 6. The molecule has 1 N–H and O–H groups in total. The summed E-state index contributed by atoms with van der Waals surface area (Å²) in [6.07, 6.45) is 14.3. The molecular weight excluding hydrogens is 1180 g/mol. The van der Waals surface area contributed by atoms with Crippen molar-refractivity contribution in [1.82, 2.24) is 4.90 Å². The number of anilines is 3. The molecule has 13 rings (SSSR count). The Kier molecular flexibility index (Phi) is 22.1. The molecule has 4 aliphatic heterocycles. The molecule has 6 aromatic rings. The maximum Gasteiger partial charge on any atom is 0.268 e. The van der Waals surface area contributed by atoms with E-state index in [1.54, 1.807) is 9.80 Å². The first kappa shape index (κ1) is 65.8. The van der Waals surface area contributed by atoms with Crippen LogP contribution in [0.15, 0.2) is 127 Å². The minimum absolute atomic E-state index is 0.00245. The van der Waals surface area contributed by atoms with Crippen molar-refractivity contribution < 1.29 is 60.5 Å². The van der Waals surface area contributed by atoms with Crippen molar-refractivity contribution in [3.63, 3.8) is 0 Å². The smallest absolute Gasteiger partial charge is 0.268 e. The van der Waals surface area contributed by atoms with Gasteiger partial charge >= 0.3 is 0 Å². The second kappa shape index (κ2) is 30.9. The van der Waals surface area contributed by atoms with Crippen molar-refractivity contribution in [3.8, 4) is 34.5 Å². The maximum absolute atomic E-state index is 13.1. The van der Waals surface area contributed by atoms with E-state index >= 15 is 0 Å². The predicted octanol–water partition coefficient (Wildman–Crippen LogP) is 12.1. The van der Waals surface area contributed by atoms with Crippen molar-refractivity contribution in [2.45, 2.75) is 147 Å². The molecule has 3 saturated carbocycles. The number of aliphatic hydroxyl groups is 1. The van der Waals surface area contributed by atoms with Gasteiger partial charge in [0.2, 0.25) is 0 Å². The Morgan fingerprint density at radius 3 is 1.08 bits per heavy atom. The molecule has 490 valence electrons. The first-order valence-electron chi connectivity index (χ1n) is 33.4. The summed E-state index contributed by atoms with van der Waals surface area (Å²) in [5.41, 5.74) is 9.82. The maximum atomic E-state index is 13.1. The lowest BCUT2D eigenvalue weighted by Crippen LogP contribution is -2.32. The van der Waals surface area contributed by atoms with Gasteiger partial charge in [-0.1, -0.05) is 57.2 Å². The van der Waals surface area contributed by atoms with Crippen molar-refractivity contribution in [2.24, 2.45) is 0 Å². The number of rotatable bonds is 27. The number of hydrogen-bond acceptors (Lipinski definition) is 14. The average molecular weight is 1280 g/mol. The largest absolute Gasteiger partial charge is 0.492 e. The van der Waals surface area contributed by atoms with E-state index in [4.69, 9.17) is 37.7 Å². The number of nitrogens with zero attached hydrogens (tertiary/aromatic N) is 4. The molecule has 7 fully saturated rings. The van der Waals surface area contributed by atoms with Crippen LogP contribution in [0, 0.1) is 0 Å². The molecule has 17 nitrogen and oxygen atoms in total. The van der Waals surface area contributed by atoms with E-state index in [1.807, 2.05) is 104 Å². The Morgan fingerprint density at radius 1 is 0.424 bits per heavy atom. The van der Waals surface area contributed by atoms with Crippen LogP contribution in [-0.4, -0.2) is 133 Å². The van der Waals surface area contributed by atoms with Crippen LogP contribution in [0.5, 0.6) is 34.5 Å². The monoisotopic (exact) mass is 1270 g/mol. The van der Waals surface area contributed by atoms with E-state index in [9.17, 15) is 22.8 Å². The quantitative estimate of drug-likeness (QED) is 0.0380. The van der Waals surface area contributed by atoms with Crippen LogP contribution in [0.1, 0.15) is 143 Å². The summed E-state index contributed by atoms with van der Waals surface area (Å²) in [6, 6.07) is 42.1. The van der Waals surface area contributed by atoms with Crippen LogP contribution in [0.25, 0.3) is 0 Å². The third-order valence-electron chi connectivity index (χ3n) is 18.2. The van der Waals surface area contributed by atoms with Gasteiger partial charge < -0.3 is 48.2 Å². The molecule has 18 heteroatoms. The summed E-state index contributed by atoms with van der Waals surface area (Å²) in [5.74, 6) is 6.75. The van der Waals surface area contributed by atoms with Gasteiger partial charge in [-0.15, -0.1) is 0 Å². The van der Waals surface area contributed by atoms with E-state index in [-0.39, 0.29) is 44.1 Å². The number of carbonyl (C=O) groups excluding carboxylic acids is 3. The lowest BCUT2D eigenvalue weighted by Gasteiger charge is -2.20. The van der Waals surface area contributed by atoms with Crippen LogP contribution in [0.4, 0.5) is 17.1 Å². The van der Waals surface area contributed by atoms with Gasteiger partial charge in [0.25, 0.3) is 27.8 Å². The van der Waals surface area contributed by atoms with Crippen molar-refractivity contribution >= 4 is 44.9 Å². The Balaban J connectivity index is 0.000000142. The fourth-order valence-electron chi connectivity index (χ4n) is 12.5. The highest BCUT2D eigenvalue weighted by atomic mass is 32.2. The number of amides is 3. The average Bonchev–Trinajstić information content (AvgIpc) is 2.11. The fourth-order valence-corrected chi connectivity index (χ4v) is 12.9. The van der Waals surface area contributed by atoms with Gasteiger partial charge in [-0.05, 0) is 226 Å². The van der Waals surface area contributed by atoms with Crippen molar-refractivity contribution in [3.05, 3.63) is 161 Å². The number of aryl methyl sites for hydroxylation is 3. The highest BCUT2D eigenvalue weighted by Gasteiger charge is 2.38. The van der Waals surface area contributed by atoms with Gasteiger partial charge in [-0.3, -0.25) is 23.5 Å². The highest BCUT2D eigenvalue weighted by molar-refractivity contribution is 7.86. The second-order valence-corrected chi connectivity index (χ2v) is 26.6. The van der Waals surface area contributed by atoms with Crippen LogP contribution in [0.3, 0.4) is 0 Å². The van der Waals surface area contributed by atoms with Crippen molar-refractivity contribution in [1.29, 1.82) is 0 Å². The highest BCUT2D eigenvalue weighted by Crippen LogP contribution is 2.43. The molecule has 0 radical (unpaired) electrons. The van der Waals surface area contributed by atoms with E-state index in [1.165, 1.54) is 81.1 Å².